The lowest BCUT2D eigenvalue weighted by atomic mass is 10.1. The Hall–Kier alpha value is -2.63. The van der Waals surface area contributed by atoms with Gasteiger partial charge in [-0.15, -0.1) is 0 Å². The molecule has 0 saturated heterocycles. The zero-order chi connectivity index (χ0) is 14.1. The van der Waals surface area contributed by atoms with Crippen LogP contribution in [-0.4, -0.2) is 28.3 Å². The van der Waals surface area contributed by atoms with Crippen LogP contribution in [0.25, 0.3) is 11.3 Å². The maximum atomic E-state index is 11.7. The predicted molar refractivity (Wildman–Crippen MR) is 74.4 cm³/mol. The molecule has 0 aliphatic carbocycles. The topological polar surface area (TPSA) is 86.9 Å². The Morgan fingerprint density at radius 1 is 1.40 bits per heavy atom. The molecule has 102 valence electrons. The molecule has 0 aromatic carbocycles. The molecule has 3 N–H and O–H groups in total. The molecular weight excluding hydrogens is 256 g/mol. The van der Waals surface area contributed by atoms with Crippen molar-refractivity contribution in [1.82, 2.24) is 15.3 Å². The van der Waals surface area contributed by atoms with Crippen LogP contribution in [0.5, 0.6) is 0 Å². The summed E-state index contributed by atoms with van der Waals surface area (Å²) in [5, 5.41) is 5.45. The second kappa shape index (κ2) is 4.80. The molecule has 2 aromatic rings. The van der Waals surface area contributed by atoms with E-state index in [0.717, 1.165) is 23.4 Å². The molecule has 0 bridgehead atoms. The van der Waals surface area contributed by atoms with Crippen molar-refractivity contribution in [1.29, 1.82) is 0 Å². The molecule has 0 unspecified atom stereocenters. The molecule has 0 fully saturated rings. The van der Waals surface area contributed by atoms with Crippen molar-refractivity contribution in [2.75, 3.05) is 11.9 Å². The summed E-state index contributed by atoms with van der Waals surface area (Å²) < 4.78 is 0. The van der Waals surface area contributed by atoms with Crippen molar-refractivity contribution in [3.63, 3.8) is 0 Å². The Bertz CT molecular complexity index is 690. The van der Waals surface area contributed by atoms with E-state index in [4.69, 9.17) is 0 Å². The van der Waals surface area contributed by atoms with Gasteiger partial charge >= 0.3 is 0 Å². The molecule has 6 nitrogen and oxygen atoms in total. The van der Waals surface area contributed by atoms with Gasteiger partial charge in [-0.3, -0.25) is 9.59 Å². The third-order valence-corrected chi connectivity index (χ3v) is 3.18. The normalized spacial score (nSPS) is 13.6. The van der Waals surface area contributed by atoms with Crippen molar-refractivity contribution >= 4 is 17.6 Å². The van der Waals surface area contributed by atoms with Gasteiger partial charge in [0.25, 0.3) is 5.91 Å². The summed E-state index contributed by atoms with van der Waals surface area (Å²) in [7, 11) is 0. The number of pyridine rings is 1. The molecule has 1 aliphatic heterocycles. The van der Waals surface area contributed by atoms with Crippen molar-refractivity contribution in [3.8, 4) is 11.3 Å². The first-order valence-corrected chi connectivity index (χ1v) is 6.37. The number of anilines is 1. The molecule has 0 radical (unpaired) electrons. The molecule has 1 aliphatic rings. The number of aromatic amines is 1. The van der Waals surface area contributed by atoms with Gasteiger partial charge in [0.15, 0.2) is 0 Å². The molecule has 2 aromatic heterocycles. The molecular formula is C14H14N4O2. The molecule has 2 amide bonds. The highest BCUT2D eigenvalue weighted by Gasteiger charge is 2.19. The highest BCUT2D eigenvalue weighted by molar-refractivity contribution is 5.98. The van der Waals surface area contributed by atoms with Crippen LogP contribution in [0.15, 0.2) is 24.4 Å². The third-order valence-electron chi connectivity index (χ3n) is 3.18. The van der Waals surface area contributed by atoms with Crippen LogP contribution in [0.4, 0.5) is 5.82 Å². The second-order valence-corrected chi connectivity index (χ2v) is 4.69. The summed E-state index contributed by atoms with van der Waals surface area (Å²) in [6.45, 7) is 2.09. The van der Waals surface area contributed by atoms with Crippen LogP contribution in [0, 0.1) is 0 Å². The minimum Gasteiger partial charge on any atom is -0.358 e. The maximum absolute atomic E-state index is 11.7. The highest BCUT2D eigenvalue weighted by atomic mass is 16.2. The number of amides is 2. The van der Waals surface area contributed by atoms with Gasteiger partial charge in [0, 0.05) is 43.0 Å². The van der Waals surface area contributed by atoms with Gasteiger partial charge in [-0.05, 0) is 18.2 Å². The van der Waals surface area contributed by atoms with Crippen LogP contribution in [-0.2, 0) is 11.2 Å². The molecule has 3 heterocycles. The number of nitrogens with one attached hydrogen (secondary N) is 3. The first kappa shape index (κ1) is 12.4. The van der Waals surface area contributed by atoms with Crippen molar-refractivity contribution < 1.29 is 9.59 Å². The number of carbonyl (C=O) groups excluding carboxylic acids is 2. The van der Waals surface area contributed by atoms with E-state index >= 15 is 0 Å². The summed E-state index contributed by atoms with van der Waals surface area (Å²) >= 11 is 0. The van der Waals surface area contributed by atoms with E-state index in [2.05, 4.69) is 20.6 Å². The third kappa shape index (κ3) is 2.27. The molecule has 0 atom stereocenters. The van der Waals surface area contributed by atoms with Crippen molar-refractivity contribution in [2.24, 2.45) is 0 Å². The molecule has 0 spiro atoms. The van der Waals surface area contributed by atoms with E-state index in [0.29, 0.717) is 17.9 Å². The van der Waals surface area contributed by atoms with Crippen LogP contribution >= 0.6 is 0 Å². The number of aromatic nitrogens is 2. The van der Waals surface area contributed by atoms with Gasteiger partial charge in [0.2, 0.25) is 5.91 Å². The SMILES string of the molecule is CC(=O)Nc1cc(-c2cc3c([nH]2)CCNC3=O)ccn1. The van der Waals surface area contributed by atoms with Gasteiger partial charge < -0.3 is 15.6 Å². The van der Waals surface area contributed by atoms with E-state index in [1.54, 1.807) is 12.3 Å². The fraction of sp³-hybridized carbons (Fsp3) is 0.214. The Morgan fingerprint density at radius 2 is 2.25 bits per heavy atom. The Kier molecular flexibility index (Phi) is 2.98. The van der Waals surface area contributed by atoms with E-state index in [-0.39, 0.29) is 11.8 Å². The summed E-state index contributed by atoms with van der Waals surface area (Å²) in [4.78, 5) is 30.1. The van der Waals surface area contributed by atoms with Crippen LogP contribution < -0.4 is 10.6 Å². The smallest absolute Gasteiger partial charge is 0.253 e. The lowest BCUT2D eigenvalue weighted by molar-refractivity contribution is -0.114. The minimum atomic E-state index is -0.167. The molecule has 3 rings (SSSR count). The Balaban J connectivity index is 1.97. The maximum Gasteiger partial charge on any atom is 0.253 e. The van der Waals surface area contributed by atoms with Gasteiger partial charge in [0.1, 0.15) is 5.82 Å². The molecule has 20 heavy (non-hydrogen) atoms. The van der Waals surface area contributed by atoms with Crippen LogP contribution in [0.3, 0.4) is 0 Å². The van der Waals surface area contributed by atoms with E-state index in [1.807, 2.05) is 12.1 Å². The number of hydrogen-bond donors (Lipinski definition) is 3. The fourth-order valence-corrected chi connectivity index (χ4v) is 2.30. The average Bonchev–Trinajstić information content (AvgIpc) is 2.84. The zero-order valence-corrected chi connectivity index (χ0v) is 11.0. The number of fused-ring (bicyclic) bond motifs is 1. The summed E-state index contributed by atoms with van der Waals surface area (Å²) in [6.07, 6.45) is 2.42. The van der Waals surface area contributed by atoms with Gasteiger partial charge in [0.05, 0.1) is 5.56 Å². The van der Waals surface area contributed by atoms with Crippen LogP contribution in [0.2, 0.25) is 0 Å². The van der Waals surface area contributed by atoms with E-state index in [1.165, 1.54) is 6.92 Å². The number of nitrogens with zero attached hydrogens (tertiary/aromatic N) is 1. The van der Waals surface area contributed by atoms with Gasteiger partial charge in [-0.2, -0.15) is 0 Å². The highest BCUT2D eigenvalue weighted by Crippen LogP contribution is 2.25. The molecule has 6 heteroatoms. The summed E-state index contributed by atoms with van der Waals surface area (Å²) in [6, 6.07) is 5.44. The first-order valence-electron chi connectivity index (χ1n) is 6.37. The number of hydrogen-bond acceptors (Lipinski definition) is 3. The summed E-state index contributed by atoms with van der Waals surface area (Å²) in [5.74, 6) is 0.275. The average molecular weight is 270 g/mol. The van der Waals surface area contributed by atoms with Gasteiger partial charge in [-0.25, -0.2) is 4.98 Å². The lowest BCUT2D eigenvalue weighted by Gasteiger charge is -2.10. The molecule has 0 saturated carbocycles. The van der Waals surface area contributed by atoms with Gasteiger partial charge in [-0.1, -0.05) is 0 Å². The zero-order valence-electron chi connectivity index (χ0n) is 11.0. The largest absolute Gasteiger partial charge is 0.358 e. The standard InChI is InChI=1S/C14H14N4O2/c1-8(19)17-13-6-9(2-4-15-13)12-7-10-11(18-12)3-5-16-14(10)20/h2,4,6-7,18H,3,5H2,1H3,(H,16,20)(H,15,17,19). The van der Waals surface area contributed by atoms with Crippen LogP contribution in [0.1, 0.15) is 23.0 Å². The quantitative estimate of drug-likeness (QED) is 0.769. The van der Waals surface area contributed by atoms with E-state index < -0.39 is 0 Å². The first-order chi connectivity index (χ1) is 9.63. The predicted octanol–water partition coefficient (Wildman–Crippen LogP) is 1.32. The van der Waals surface area contributed by atoms with Crippen molar-refractivity contribution in [2.45, 2.75) is 13.3 Å². The number of H-pyrrole nitrogens is 1. The van der Waals surface area contributed by atoms with Crippen molar-refractivity contribution in [3.05, 3.63) is 35.7 Å². The summed E-state index contributed by atoms with van der Waals surface area (Å²) in [5.41, 5.74) is 3.36. The Labute approximate surface area is 115 Å². The monoisotopic (exact) mass is 270 g/mol. The van der Waals surface area contributed by atoms with E-state index in [9.17, 15) is 9.59 Å². The number of rotatable bonds is 2. The minimum absolute atomic E-state index is 0.0510. The Morgan fingerprint density at radius 3 is 3.00 bits per heavy atom. The second-order valence-electron chi connectivity index (χ2n) is 4.69. The fourth-order valence-electron chi connectivity index (χ4n) is 2.30. The lowest BCUT2D eigenvalue weighted by Crippen LogP contribution is -2.31. The number of carbonyl (C=O) groups is 2.